The molecule has 0 radical (unpaired) electrons. The Bertz CT molecular complexity index is 818. The Labute approximate surface area is 159 Å². The van der Waals surface area contributed by atoms with Crippen LogP contribution in [0.3, 0.4) is 0 Å². The molecule has 140 valence electrons. The van der Waals surface area contributed by atoms with E-state index in [2.05, 4.69) is 0 Å². The first-order valence-electron chi connectivity index (χ1n) is 8.40. The molecule has 5 nitrogen and oxygen atoms in total. The van der Waals surface area contributed by atoms with Gasteiger partial charge in [0, 0.05) is 11.4 Å². The largest absolute Gasteiger partial charge is 0.350 e. The van der Waals surface area contributed by atoms with Gasteiger partial charge in [-0.1, -0.05) is 41.4 Å². The number of ether oxygens (including phenoxy) is 2. The molecule has 0 saturated carbocycles. The number of halogens is 1. The van der Waals surface area contributed by atoms with E-state index in [4.69, 9.17) is 25.3 Å². The molecule has 1 saturated heterocycles. The van der Waals surface area contributed by atoms with Crippen LogP contribution in [0.4, 0.5) is 0 Å². The predicted molar refractivity (Wildman–Crippen MR) is 98.7 cm³/mol. The van der Waals surface area contributed by atoms with Gasteiger partial charge in [-0.05, 0) is 43.2 Å². The zero-order chi connectivity index (χ0) is 18.6. The van der Waals surface area contributed by atoms with E-state index >= 15 is 0 Å². The molecule has 1 aliphatic rings. The smallest absolute Gasteiger partial charge is 0.297 e. The molecule has 0 aliphatic carbocycles. The fourth-order valence-corrected chi connectivity index (χ4v) is 3.68. The van der Waals surface area contributed by atoms with E-state index in [9.17, 15) is 8.42 Å². The summed E-state index contributed by atoms with van der Waals surface area (Å²) in [6, 6.07) is 14.2. The quantitative estimate of drug-likeness (QED) is 0.667. The summed E-state index contributed by atoms with van der Waals surface area (Å²) in [6.07, 6.45) is 0.715. The fraction of sp³-hybridized carbons (Fsp3) is 0.368. The first-order chi connectivity index (χ1) is 12.4. The maximum absolute atomic E-state index is 12.2. The van der Waals surface area contributed by atoms with E-state index in [1.807, 2.05) is 31.2 Å². The minimum Gasteiger partial charge on any atom is -0.350 e. The van der Waals surface area contributed by atoms with Crippen LogP contribution in [0.2, 0.25) is 5.02 Å². The highest BCUT2D eigenvalue weighted by molar-refractivity contribution is 7.86. The first kappa shape index (κ1) is 19.3. The zero-order valence-electron chi connectivity index (χ0n) is 14.4. The molecule has 0 aromatic heterocycles. The molecular weight excluding hydrogens is 376 g/mol. The lowest BCUT2D eigenvalue weighted by molar-refractivity contribution is -0.0668. The third-order valence-corrected chi connectivity index (χ3v) is 5.66. The topological polar surface area (TPSA) is 61.8 Å². The summed E-state index contributed by atoms with van der Waals surface area (Å²) in [7, 11) is -3.79. The monoisotopic (exact) mass is 396 g/mol. The van der Waals surface area contributed by atoms with Crippen LogP contribution < -0.4 is 0 Å². The Morgan fingerprint density at radius 1 is 1.12 bits per heavy atom. The van der Waals surface area contributed by atoms with Crippen LogP contribution in [0.5, 0.6) is 0 Å². The van der Waals surface area contributed by atoms with Gasteiger partial charge in [0.25, 0.3) is 10.1 Å². The summed E-state index contributed by atoms with van der Waals surface area (Å²) < 4.78 is 40.8. The number of rotatable bonds is 7. The molecule has 1 fully saturated rings. The molecule has 2 aromatic carbocycles. The van der Waals surface area contributed by atoms with Gasteiger partial charge < -0.3 is 9.47 Å². The molecule has 26 heavy (non-hydrogen) atoms. The lowest BCUT2D eigenvalue weighted by Gasteiger charge is -2.12. The number of hydrogen-bond acceptors (Lipinski definition) is 5. The summed E-state index contributed by atoms with van der Waals surface area (Å²) in [4.78, 5) is 0.140. The Morgan fingerprint density at radius 3 is 2.50 bits per heavy atom. The van der Waals surface area contributed by atoms with Crippen molar-refractivity contribution in [1.82, 2.24) is 0 Å². The van der Waals surface area contributed by atoms with Crippen LogP contribution >= 0.6 is 11.6 Å². The summed E-state index contributed by atoms with van der Waals surface area (Å²) >= 11 is 5.87. The van der Waals surface area contributed by atoms with Crippen molar-refractivity contribution < 1.29 is 22.1 Å². The molecule has 0 bridgehead atoms. The third-order valence-electron chi connectivity index (χ3n) is 4.11. The van der Waals surface area contributed by atoms with Gasteiger partial charge in [0.15, 0.2) is 6.29 Å². The molecule has 1 aliphatic heterocycles. The van der Waals surface area contributed by atoms with Gasteiger partial charge in [-0.3, -0.25) is 4.18 Å². The molecule has 0 amide bonds. The van der Waals surface area contributed by atoms with E-state index in [-0.39, 0.29) is 17.8 Å². The molecule has 0 N–H and O–H groups in total. The van der Waals surface area contributed by atoms with Crippen molar-refractivity contribution in [3.8, 4) is 0 Å². The van der Waals surface area contributed by atoms with E-state index in [0.717, 1.165) is 17.5 Å². The second kappa shape index (κ2) is 8.50. The van der Waals surface area contributed by atoms with Gasteiger partial charge in [-0.25, -0.2) is 0 Å². The number of hydrogen-bond donors (Lipinski definition) is 0. The highest BCUT2D eigenvalue weighted by atomic mass is 35.5. The average Bonchev–Trinajstić information content (AvgIpc) is 3.08. The summed E-state index contributed by atoms with van der Waals surface area (Å²) in [5.41, 5.74) is 2.13. The van der Waals surface area contributed by atoms with Crippen molar-refractivity contribution in [2.24, 2.45) is 0 Å². The van der Waals surface area contributed by atoms with Crippen molar-refractivity contribution in [2.75, 3.05) is 13.2 Å². The molecule has 1 heterocycles. The minimum absolute atomic E-state index is 0.0619. The van der Waals surface area contributed by atoms with E-state index in [0.29, 0.717) is 18.1 Å². The Balaban J connectivity index is 1.45. The summed E-state index contributed by atoms with van der Waals surface area (Å²) in [5.74, 6) is 0. The maximum Gasteiger partial charge on any atom is 0.297 e. The molecule has 1 unspecified atom stereocenters. The molecule has 3 rings (SSSR count). The molecule has 7 heteroatoms. The van der Waals surface area contributed by atoms with Gasteiger partial charge in [0.05, 0.1) is 18.1 Å². The summed E-state index contributed by atoms with van der Waals surface area (Å²) in [6.45, 7) is 2.15. The fourth-order valence-electron chi connectivity index (χ4n) is 2.62. The average molecular weight is 397 g/mol. The predicted octanol–water partition coefficient (Wildman–Crippen LogP) is 3.73. The second-order valence-corrected chi connectivity index (χ2v) is 8.29. The Morgan fingerprint density at radius 2 is 1.81 bits per heavy atom. The first-order valence-corrected chi connectivity index (χ1v) is 10.2. The van der Waals surface area contributed by atoms with E-state index < -0.39 is 16.2 Å². The highest BCUT2D eigenvalue weighted by Crippen LogP contribution is 2.20. The molecular formula is C19H21ClO5S. The van der Waals surface area contributed by atoms with Crippen molar-refractivity contribution in [3.63, 3.8) is 0 Å². The molecule has 2 aromatic rings. The SMILES string of the molecule is Cc1ccc(S(=O)(=O)OC[C@@H]2COC(CCc3ccc(Cl)cc3)O2)cc1. The van der Waals surface area contributed by atoms with Crippen molar-refractivity contribution in [3.05, 3.63) is 64.7 Å². The van der Waals surface area contributed by atoms with E-state index in [1.165, 1.54) is 12.1 Å². The van der Waals surface area contributed by atoms with Gasteiger partial charge in [-0.15, -0.1) is 0 Å². The normalized spacial score (nSPS) is 20.4. The van der Waals surface area contributed by atoms with E-state index in [1.54, 1.807) is 12.1 Å². The van der Waals surface area contributed by atoms with Gasteiger partial charge in [0.1, 0.15) is 6.10 Å². The Kier molecular flexibility index (Phi) is 6.32. The zero-order valence-corrected chi connectivity index (χ0v) is 16.0. The van der Waals surface area contributed by atoms with Crippen molar-refractivity contribution >= 4 is 21.7 Å². The van der Waals surface area contributed by atoms with Crippen LogP contribution in [-0.4, -0.2) is 34.0 Å². The minimum atomic E-state index is -3.79. The summed E-state index contributed by atoms with van der Waals surface area (Å²) in [5, 5.41) is 0.703. The van der Waals surface area contributed by atoms with Gasteiger partial charge in [-0.2, -0.15) is 8.42 Å². The number of aryl methyl sites for hydroxylation is 2. The van der Waals surface area contributed by atoms with Crippen LogP contribution in [0.25, 0.3) is 0 Å². The van der Waals surface area contributed by atoms with Gasteiger partial charge in [0.2, 0.25) is 0 Å². The molecule has 2 atom stereocenters. The lowest BCUT2D eigenvalue weighted by Crippen LogP contribution is -2.22. The third kappa shape index (κ3) is 5.28. The van der Waals surface area contributed by atoms with Crippen LogP contribution in [-0.2, 0) is 30.2 Å². The lowest BCUT2D eigenvalue weighted by atomic mass is 10.1. The standard InChI is InChI=1S/C19H21ClO5S/c1-14-2-9-18(10-3-14)26(21,22)24-13-17-12-23-19(25-17)11-6-15-4-7-16(20)8-5-15/h2-5,7-10,17,19H,6,11-13H2,1H3/t17-,19?/m0/s1. The van der Waals surface area contributed by atoms with Crippen LogP contribution in [0, 0.1) is 6.92 Å². The van der Waals surface area contributed by atoms with Crippen LogP contribution in [0.1, 0.15) is 17.5 Å². The van der Waals surface area contributed by atoms with Crippen molar-refractivity contribution in [1.29, 1.82) is 0 Å². The van der Waals surface area contributed by atoms with Crippen molar-refractivity contribution in [2.45, 2.75) is 37.1 Å². The highest BCUT2D eigenvalue weighted by Gasteiger charge is 2.28. The van der Waals surface area contributed by atoms with Gasteiger partial charge >= 0.3 is 0 Å². The number of benzene rings is 2. The van der Waals surface area contributed by atoms with Crippen LogP contribution in [0.15, 0.2) is 53.4 Å². The Hall–Kier alpha value is -1.44. The maximum atomic E-state index is 12.2. The second-order valence-electron chi connectivity index (χ2n) is 6.24. The molecule has 0 spiro atoms.